The van der Waals surface area contributed by atoms with Crippen LogP contribution in [0.15, 0.2) is 24.3 Å². The highest BCUT2D eigenvalue weighted by Gasteiger charge is 2.32. The van der Waals surface area contributed by atoms with Gasteiger partial charge in [-0.1, -0.05) is 41.5 Å². The van der Waals surface area contributed by atoms with Gasteiger partial charge in [0.05, 0.1) is 5.54 Å². The van der Waals surface area contributed by atoms with E-state index in [1.807, 2.05) is 26.0 Å². The van der Waals surface area contributed by atoms with Gasteiger partial charge in [0.15, 0.2) is 5.78 Å². The first kappa shape index (κ1) is 25.7. The molecule has 0 aromatic heterocycles. The number of hydrogen-bond acceptors (Lipinski definition) is 3. The van der Waals surface area contributed by atoms with Crippen LogP contribution in [-0.2, 0) is 0 Å². The summed E-state index contributed by atoms with van der Waals surface area (Å²) >= 11 is 0. The first-order valence-electron chi connectivity index (χ1n) is 11.2. The molecule has 166 valence electrons. The second-order valence-corrected chi connectivity index (χ2v) is 11.6. The highest BCUT2D eigenvalue weighted by atomic mass is 16.1. The van der Waals surface area contributed by atoms with Crippen LogP contribution in [0.1, 0.15) is 91.4 Å². The highest BCUT2D eigenvalue weighted by molar-refractivity contribution is 6.02. The van der Waals surface area contributed by atoms with Crippen LogP contribution < -0.4 is 4.90 Å². The van der Waals surface area contributed by atoms with Crippen LogP contribution in [0.5, 0.6) is 0 Å². The van der Waals surface area contributed by atoms with Crippen LogP contribution in [0, 0.1) is 10.8 Å². The number of hydrogen-bond donors (Lipinski definition) is 0. The number of likely N-dealkylation sites (N-methyl/N-ethyl adjacent to an activating group) is 1. The molecule has 0 saturated carbocycles. The molecular weight excluding hydrogens is 356 g/mol. The number of Topliss-reactive ketones (excluding diaryl/α,β-unsaturated/α-hetero) is 1. The minimum absolute atomic E-state index is 0.192. The maximum absolute atomic E-state index is 13.2. The van der Waals surface area contributed by atoms with E-state index in [1.54, 1.807) is 0 Å². The van der Waals surface area contributed by atoms with Gasteiger partial charge in [-0.25, -0.2) is 0 Å². The van der Waals surface area contributed by atoms with Crippen molar-refractivity contribution >= 4 is 11.5 Å². The summed E-state index contributed by atoms with van der Waals surface area (Å²) in [5.41, 5.74) is 2.18. The molecule has 0 radical (unpaired) electrons. The van der Waals surface area contributed by atoms with E-state index in [2.05, 4.69) is 77.6 Å². The summed E-state index contributed by atoms with van der Waals surface area (Å²) in [6.07, 6.45) is 4.66. The van der Waals surface area contributed by atoms with E-state index >= 15 is 0 Å². The van der Waals surface area contributed by atoms with E-state index < -0.39 is 5.54 Å². The largest absolute Gasteiger partial charge is 0.375 e. The average Bonchev–Trinajstić information content (AvgIpc) is 2.58. The minimum Gasteiger partial charge on any atom is -0.375 e. The van der Waals surface area contributed by atoms with Gasteiger partial charge in [0.2, 0.25) is 0 Å². The molecule has 0 aliphatic rings. The van der Waals surface area contributed by atoms with Crippen LogP contribution in [0.2, 0.25) is 0 Å². The lowest BCUT2D eigenvalue weighted by atomic mass is 9.88. The summed E-state index contributed by atoms with van der Waals surface area (Å²) in [4.78, 5) is 17.7. The molecule has 29 heavy (non-hydrogen) atoms. The zero-order valence-corrected chi connectivity index (χ0v) is 20.9. The molecule has 0 spiro atoms. The Bertz CT molecular complexity index is 632. The average molecular weight is 403 g/mol. The van der Waals surface area contributed by atoms with Gasteiger partial charge in [0.25, 0.3) is 0 Å². The van der Waals surface area contributed by atoms with Gasteiger partial charge in [-0.2, -0.15) is 0 Å². The Balaban J connectivity index is 2.69. The maximum atomic E-state index is 13.2. The Hall–Kier alpha value is -1.35. The monoisotopic (exact) mass is 402 g/mol. The highest BCUT2D eigenvalue weighted by Crippen LogP contribution is 2.25. The van der Waals surface area contributed by atoms with Gasteiger partial charge >= 0.3 is 0 Å². The number of carbonyl (C=O) groups is 1. The predicted molar refractivity (Wildman–Crippen MR) is 128 cm³/mol. The Morgan fingerprint density at radius 2 is 1.21 bits per heavy atom. The Morgan fingerprint density at radius 1 is 0.759 bits per heavy atom. The molecule has 3 heteroatoms. The number of benzene rings is 1. The molecule has 0 fully saturated rings. The fraction of sp³-hybridized carbons (Fsp3) is 0.731. The summed E-state index contributed by atoms with van der Waals surface area (Å²) < 4.78 is 0. The maximum Gasteiger partial charge on any atom is 0.182 e. The molecule has 1 aromatic carbocycles. The van der Waals surface area contributed by atoms with Crippen LogP contribution in [0.4, 0.5) is 5.69 Å². The van der Waals surface area contributed by atoms with Crippen molar-refractivity contribution in [3.05, 3.63) is 29.8 Å². The standard InChI is InChI=1S/C26H46N2O/c1-24(2,3)17-11-19-27(9)22-15-13-21(14-16-22)23(29)26(7,8)28(10)20-12-18-25(4,5)6/h13-16H,11-12,17-20H2,1-10H3. The van der Waals surface area contributed by atoms with E-state index in [0.29, 0.717) is 10.8 Å². The zero-order valence-electron chi connectivity index (χ0n) is 20.9. The Kier molecular flexibility index (Phi) is 8.95. The normalized spacial score (nSPS) is 13.1. The van der Waals surface area contributed by atoms with Crippen molar-refractivity contribution in [3.8, 4) is 0 Å². The second kappa shape index (κ2) is 10.1. The number of ketones is 1. The molecular formula is C26H46N2O. The van der Waals surface area contributed by atoms with Gasteiger partial charge < -0.3 is 4.90 Å². The van der Waals surface area contributed by atoms with Crippen molar-refractivity contribution in [1.82, 2.24) is 4.90 Å². The fourth-order valence-electron chi connectivity index (χ4n) is 3.50. The molecule has 0 unspecified atom stereocenters. The topological polar surface area (TPSA) is 23.6 Å². The lowest BCUT2D eigenvalue weighted by molar-refractivity contribution is 0.0698. The van der Waals surface area contributed by atoms with E-state index in [4.69, 9.17) is 0 Å². The van der Waals surface area contributed by atoms with Crippen LogP contribution >= 0.6 is 0 Å². The molecule has 0 atom stereocenters. The van der Waals surface area contributed by atoms with Crippen molar-refractivity contribution in [2.45, 2.75) is 86.6 Å². The van der Waals surface area contributed by atoms with Gasteiger partial charge in [0.1, 0.15) is 0 Å². The first-order chi connectivity index (χ1) is 13.1. The molecule has 0 N–H and O–H groups in total. The van der Waals surface area contributed by atoms with Crippen molar-refractivity contribution in [2.75, 3.05) is 32.1 Å². The molecule has 0 bridgehead atoms. The Labute approximate surface area is 180 Å². The third-order valence-electron chi connectivity index (χ3n) is 5.92. The molecule has 0 aliphatic heterocycles. The predicted octanol–water partition coefficient (Wildman–Crippen LogP) is 6.67. The summed E-state index contributed by atoms with van der Waals surface area (Å²) in [5.74, 6) is 0.192. The molecule has 0 heterocycles. The third kappa shape index (κ3) is 8.90. The van der Waals surface area contributed by atoms with E-state index in [1.165, 1.54) is 18.5 Å². The Morgan fingerprint density at radius 3 is 1.66 bits per heavy atom. The van der Waals surface area contributed by atoms with E-state index in [0.717, 1.165) is 31.5 Å². The number of nitrogens with zero attached hydrogens (tertiary/aromatic N) is 2. The number of anilines is 1. The molecule has 1 rings (SSSR count). The van der Waals surface area contributed by atoms with Gasteiger partial charge in [-0.15, -0.1) is 0 Å². The molecule has 0 saturated heterocycles. The van der Waals surface area contributed by atoms with Crippen LogP contribution in [0.25, 0.3) is 0 Å². The number of rotatable bonds is 10. The zero-order chi connectivity index (χ0) is 22.5. The van der Waals surface area contributed by atoms with Crippen molar-refractivity contribution in [1.29, 1.82) is 0 Å². The lowest BCUT2D eigenvalue weighted by Gasteiger charge is -2.35. The SMILES string of the molecule is CN(CCCC(C)(C)C)c1ccc(C(=O)C(C)(C)N(C)CCCC(C)(C)C)cc1. The van der Waals surface area contributed by atoms with Crippen molar-refractivity contribution in [3.63, 3.8) is 0 Å². The van der Waals surface area contributed by atoms with E-state index in [9.17, 15) is 4.79 Å². The third-order valence-corrected chi connectivity index (χ3v) is 5.92. The molecule has 1 aromatic rings. The number of carbonyl (C=O) groups excluding carboxylic acids is 1. The summed E-state index contributed by atoms with van der Waals surface area (Å²) in [5, 5.41) is 0. The van der Waals surface area contributed by atoms with Crippen molar-refractivity contribution < 1.29 is 4.79 Å². The van der Waals surface area contributed by atoms with E-state index in [-0.39, 0.29) is 5.78 Å². The quantitative estimate of drug-likeness (QED) is 0.408. The minimum atomic E-state index is -0.502. The smallest absolute Gasteiger partial charge is 0.182 e. The summed E-state index contributed by atoms with van der Waals surface area (Å²) in [6, 6.07) is 8.14. The summed E-state index contributed by atoms with van der Waals surface area (Å²) in [6.45, 7) is 19.7. The van der Waals surface area contributed by atoms with Crippen molar-refractivity contribution in [2.24, 2.45) is 10.8 Å². The van der Waals surface area contributed by atoms with Gasteiger partial charge in [-0.3, -0.25) is 9.69 Å². The van der Waals surface area contributed by atoms with Crippen LogP contribution in [0.3, 0.4) is 0 Å². The summed E-state index contributed by atoms with van der Waals surface area (Å²) in [7, 11) is 4.20. The van der Waals surface area contributed by atoms with Gasteiger partial charge in [0, 0.05) is 24.8 Å². The van der Waals surface area contributed by atoms with Gasteiger partial charge in [-0.05, 0) is 88.2 Å². The lowest BCUT2D eigenvalue weighted by Crippen LogP contribution is -2.48. The second-order valence-electron chi connectivity index (χ2n) is 11.6. The first-order valence-corrected chi connectivity index (χ1v) is 11.2. The molecule has 3 nitrogen and oxygen atoms in total. The molecule has 0 aliphatic carbocycles. The fourth-order valence-corrected chi connectivity index (χ4v) is 3.50. The van der Waals surface area contributed by atoms with Crippen LogP contribution in [-0.4, -0.2) is 43.4 Å². The molecule has 0 amide bonds.